The average molecular weight is 555 g/mol. The second-order valence-electron chi connectivity index (χ2n) is 10.5. The van der Waals surface area contributed by atoms with Crippen molar-refractivity contribution in [3.8, 4) is 5.19 Å². The van der Waals surface area contributed by atoms with Gasteiger partial charge in [-0.3, -0.25) is 4.79 Å². The molecule has 3 aromatic heterocycles. The number of ether oxygens (including phenoxy) is 2. The predicted molar refractivity (Wildman–Crippen MR) is 149 cm³/mol. The maximum Gasteiger partial charge on any atom is 0.407 e. The van der Waals surface area contributed by atoms with Gasteiger partial charge in [0, 0.05) is 37.6 Å². The smallest absolute Gasteiger partial charge is 0.407 e. The highest BCUT2D eigenvalue weighted by molar-refractivity contribution is 7.21. The summed E-state index contributed by atoms with van der Waals surface area (Å²) >= 11 is 1.36. The zero-order chi connectivity index (χ0) is 27.9. The number of pyridine rings is 1. The van der Waals surface area contributed by atoms with Gasteiger partial charge in [-0.05, 0) is 52.7 Å². The van der Waals surface area contributed by atoms with Gasteiger partial charge >= 0.3 is 6.09 Å². The molecule has 0 aliphatic carbocycles. The lowest BCUT2D eigenvalue weighted by Crippen LogP contribution is -2.46. The Morgan fingerprint density at radius 1 is 1.15 bits per heavy atom. The van der Waals surface area contributed by atoms with Gasteiger partial charge in [-0.25, -0.2) is 19.2 Å². The van der Waals surface area contributed by atoms with Crippen LogP contribution in [0.3, 0.4) is 0 Å². The number of hydrogen-bond acceptors (Lipinski definition) is 8. The van der Waals surface area contributed by atoms with E-state index >= 15 is 0 Å². The fraction of sp³-hybridized carbons (Fsp3) is 0.407. The fourth-order valence-corrected chi connectivity index (χ4v) is 5.63. The van der Waals surface area contributed by atoms with Crippen molar-refractivity contribution in [2.45, 2.75) is 52.2 Å². The summed E-state index contributed by atoms with van der Waals surface area (Å²) in [5.74, 6) is -0.934. The van der Waals surface area contributed by atoms with E-state index in [2.05, 4.69) is 25.5 Å². The number of thiazole rings is 1. The van der Waals surface area contributed by atoms with Gasteiger partial charge in [0.05, 0.1) is 34.4 Å². The number of carbonyl (C=O) groups excluding carboxylic acids is 2. The number of benzene rings is 1. The van der Waals surface area contributed by atoms with Crippen molar-refractivity contribution < 1.29 is 23.5 Å². The number of halogens is 1. The van der Waals surface area contributed by atoms with Gasteiger partial charge in [-0.2, -0.15) is 0 Å². The molecule has 10 nitrogen and oxygen atoms in total. The molecule has 0 spiro atoms. The van der Waals surface area contributed by atoms with Gasteiger partial charge in [0.15, 0.2) is 11.5 Å². The number of aryl methyl sites for hydroxylation is 1. The van der Waals surface area contributed by atoms with E-state index in [1.54, 1.807) is 29.8 Å². The number of alkyl carbamates (subject to hydrolysis) is 1. The minimum atomic E-state index is -0.547. The number of amides is 2. The van der Waals surface area contributed by atoms with Gasteiger partial charge in [0.2, 0.25) is 0 Å². The Morgan fingerprint density at radius 2 is 1.90 bits per heavy atom. The highest BCUT2D eigenvalue weighted by atomic mass is 32.1. The molecule has 12 heteroatoms. The van der Waals surface area contributed by atoms with Crippen LogP contribution in [0.2, 0.25) is 0 Å². The maximum atomic E-state index is 14.5. The zero-order valence-corrected chi connectivity index (χ0v) is 23.3. The van der Waals surface area contributed by atoms with Crippen molar-refractivity contribution in [2.24, 2.45) is 0 Å². The lowest BCUT2D eigenvalue weighted by atomic mass is 10.0. The molecule has 0 bridgehead atoms. The molecule has 1 fully saturated rings. The molecule has 2 N–H and O–H groups in total. The molecule has 1 aliphatic rings. The Labute approximate surface area is 229 Å². The van der Waals surface area contributed by atoms with Crippen LogP contribution in [-0.4, -0.2) is 58.2 Å². The van der Waals surface area contributed by atoms with Crippen LogP contribution in [0.4, 0.5) is 20.6 Å². The van der Waals surface area contributed by atoms with Gasteiger partial charge in [0.1, 0.15) is 11.1 Å². The molecule has 0 atom stereocenters. The lowest BCUT2D eigenvalue weighted by Gasteiger charge is -2.34. The standard InChI is InChI=1S/C27H31FN6O4S/c1-15-13-34-14-17(12-19(28)23(34)29-15)30-24(35)18-6-7-20(22-21(18)32-26(37-5)39-22)33-10-8-16(9-11-33)31-25(36)38-27(2,3)4/h6-7,12-14,16H,8-11H2,1-5H3,(H,30,35)(H,31,36). The molecule has 0 saturated carbocycles. The van der Waals surface area contributed by atoms with E-state index in [4.69, 9.17) is 9.47 Å². The molecule has 39 heavy (non-hydrogen) atoms. The van der Waals surface area contributed by atoms with Crippen LogP contribution in [0.1, 0.15) is 49.7 Å². The molecule has 0 unspecified atom stereocenters. The molecular weight excluding hydrogens is 523 g/mol. The summed E-state index contributed by atoms with van der Waals surface area (Å²) in [5.41, 5.74) is 2.45. The van der Waals surface area contributed by atoms with Crippen molar-refractivity contribution in [2.75, 3.05) is 30.4 Å². The van der Waals surface area contributed by atoms with E-state index in [1.807, 2.05) is 26.8 Å². The second kappa shape index (κ2) is 10.3. The zero-order valence-electron chi connectivity index (χ0n) is 22.5. The van der Waals surface area contributed by atoms with Gasteiger partial charge in [0.25, 0.3) is 11.1 Å². The van der Waals surface area contributed by atoms with Crippen LogP contribution in [0.15, 0.2) is 30.6 Å². The molecule has 0 radical (unpaired) electrons. The largest absolute Gasteiger partial charge is 0.473 e. The molecule has 1 saturated heterocycles. The first-order chi connectivity index (χ1) is 18.5. The number of nitrogens with zero attached hydrogens (tertiary/aromatic N) is 4. The van der Waals surface area contributed by atoms with Crippen molar-refractivity contribution >= 4 is 50.6 Å². The maximum absolute atomic E-state index is 14.5. The molecule has 206 valence electrons. The summed E-state index contributed by atoms with van der Waals surface area (Å²) < 4.78 is 27.7. The SMILES string of the molecule is COc1nc2c(C(=O)Nc3cc(F)c4nc(C)cn4c3)ccc(N3CCC(NC(=O)OC(C)(C)C)CC3)c2s1. The molecule has 1 aliphatic heterocycles. The third kappa shape index (κ3) is 5.75. The van der Waals surface area contributed by atoms with Crippen molar-refractivity contribution in [3.05, 3.63) is 47.7 Å². The second-order valence-corrected chi connectivity index (χ2v) is 11.5. The number of methoxy groups -OCH3 is 1. The van der Waals surface area contributed by atoms with E-state index in [0.717, 1.165) is 23.2 Å². The van der Waals surface area contributed by atoms with Crippen LogP contribution in [-0.2, 0) is 4.74 Å². The van der Waals surface area contributed by atoms with Crippen LogP contribution in [0, 0.1) is 12.7 Å². The Morgan fingerprint density at radius 3 is 2.59 bits per heavy atom. The number of aromatic nitrogens is 3. The first kappa shape index (κ1) is 26.7. The molecule has 4 aromatic rings. The Balaban J connectivity index is 1.35. The van der Waals surface area contributed by atoms with E-state index in [0.29, 0.717) is 40.7 Å². The Kier molecular flexibility index (Phi) is 7.06. The minimum absolute atomic E-state index is 0.0182. The summed E-state index contributed by atoms with van der Waals surface area (Å²) in [6, 6.07) is 4.90. The van der Waals surface area contributed by atoms with Crippen molar-refractivity contribution in [1.82, 2.24) is 19.7 Å². The summed E-state index contributed by atoms with van der Waals surface area (Å²) in [4.78, 5) is 36.4. The topological polar surface area (TPSA) is 110 Å². The van der Waals surface area contributed by atoms with Crippen molar-refractivity contribution in [1.29, 1.82) is 0 Å². The number of imidazole rings is 1. The minimum Gasteiger partial charge on any atom is -0.473 e. The highest BCUT2D eigenvalue weighted by Gasteiger charge is 2.26. The first-order valence-electron chi connectivity index (χ1n) is 12.7. The number of rotatable bonds is 5. The summed E-state index contributed by atoms with van der Waals surface area (Å²) in [7, 11) is 1.54. The molecule has 5 rings (SSSR count). The lowest BCUT2D eigenvalue weighted by molar-refractivity contribution is 0.0497. The van der Waals surface area contributed by atoms with E-state index < -0.39 is 23.4 Å². The Bertz CT molecular complexity index is 1550. The Hall–Kier alpha value is -3.93. The van der Waals surface area contributed by atoms with Gasteiger partial charge in [-0.15, -0.1) is 0 Å². The van der Waals surface area contributed by atoms with Crippen LogP contribution >= 0.6 is 11.3 Å². The van der Waals surface area contributed by atoms with E-state index in [1.165, 1.54) is 24.5 Å². The normalized spacial score (nSPS) is 14.6. The van der Waals surface area contributed by atoms with Crippen LogP contribution in [0.25, 0.3) is 15.9 Å². The van der Waals surface area contributed by atoms with Crippen LogP contribution < -0.4 is 20.3 Å². The first-order valence-corrected chi connectivity index (χ1v) is 13.5. The number of hydrogen-bond donors (Lipinski definition) is 2. The molecule has 1 aromatic carbocycles. The van der Waals surface area contributed by atoms with E-state index in [-0.39, 0.29) is 11.7 Å². The number of piperidine rings is 1. The third-order valence-electron chi connectivity index (χ3n) is 6.36. The van der Waals surface area contributed by atoms with Gasteiger partial charge < -0.3 is 29.4 Å². The highest BCUT2D eigenvalue weighted by Crippen LogP contribution is 2.38. The molecule has 2 amide bonds. The quantitative estimate of drug-likeness (QED) is 0.351. The monoisotopic (exact) mass is 554 g/mol. The van der Waals surface area contributed by atoms with Crippen molar-refractivity contribution in [3.63, 3.8) is 0 Å². The number of fused-ring (bicyclic) bond motifs is 2. The van der Waals surface area contributed by atoms with Crippen LogP contribution in [0.5, 0.6) is 5.19 Å². The number of carbonyl (C=O) groups is 2. The number of anilines is 2. The van der Waals surface area contributed by atoms with E-state index in [9.17, 15) is 14.0 Å². The predicted octanol–water partition coefficient (Wildman–Crippen LogP) is 5.15. The average Bonchev–Trinajstić information content (AvgIpc) is 3.46. The summed E-state index contributed by atoms with van der Waals surface area (Å²) in [6.45, 7) is 8.72. The molecule has 4 heterocycles. The van der Waals surface area contributed by atoms with Gasteiger partial charge in [-0.1, -0.05) is 11.3 Å². The fourth-order valence-electron chi connectivity index (χ4n) is 4.68. The summed E-state index contributed by atoms with van der Waals surface area (Å²) in [6.07, 6.45) is 4.41. The summed E-state index contributed by atoms with van der Waals surface area (Å²) in [5, 5.41) is 6.19. The number of nitrogens with one attached hydrogen (secondary N) is 2. The third-order valence-corrected chi connectivity index (χ3v) is 7.40. The molecular formula is C27H31FN6O4S.